The molecule has 16 heteroatoms. The van der Waals surface area contributed by atoms with Crippen molar-refractivity contribution < 1.29 is 51.3 Å². The molecule has 1 unspecified atom stereocenters. The number of halogens is 5. The number of nitrogens with one attached hydrogen (secondary N) is 2. The van der Waals surface area contributed by atoms with E-state index in [2.05, 4.69) is 15.6 Å². The van der Waals surface area contributed by atoms with Crippen LogP contribution in [0, 0.1) is 36.8 Å². The summed E-state index contributed by atoms with van der Waals surface area (Å²) in [5, 5.41) is 29.6. The molecule has 0 radical (unpaired) electrons. The molecule has 3 rings (SSSR count). The second-order valence-electron chi connectivity index (χ2n) is 8.13. The molecule has 40 heavy (non-hydrogen) atoms. The van der Waals surface area contributed by atoms with E-state index in [1.54, 1.807) is 26.1 Å². The molecular formula is C24H22F5N5O6. The molecule has 0 saturated carbocycles. The van der Waals surface area contributed by atoms with Crippen LogP contribution in [0.15, 0.2) is 30.5 Å². The fourth-order valence-electron chi connectivity index (χ4n) is 3.32. The van der Waals surface area contributed by atoms with Crippen molar-refractivity contribution in [2.24, 2.45) is 0 Å². The summed E-state index contributed by atoms with van der Waals surface area (Å²) < 4.78 is 66.8. The van der Waals surface area contributed by atoms with Gasteiger partial charge in [-0.2, -0.15) is 18.4 Å². The number of pyridine rings is 1. The van der Waals surface area contributed by atoms with Crippen LogP contribution in [0.3, 0.4) is 0 Å². The molecule has 0 aliphatic carbocycles. The summed E-state index contributed by atoms with van der Waals surface area (Å²) in [6, 6.07) is 6.24. The molecule has 2 heterocycles. The molecule has 11 nitrogen and oxygen atoms in total. The van der Waals surface area contributed by atoms with Gasteiger partial charge < -0.3 is 25.6 Å². The smallest absolute Gasteiger partial charge is 0.485 e. The van der Waals surface area contributed by atoms with Gasteiger partial charge in [-0.15, -0.1) is 0 Å². The van der Waals surface area contributed by atoms with Crippen molar-refractivity contribution in [2.75, 3.05) is 6.54 Å². The average molecular weight is 571 g/mol. The SMILES string of the molecule is Cc1cc(OCc2c(F)cccc2F)c2nc(C)c(C(=O)NCC(CC#N)NC(=O)O)n2c1.O=C(O)C(F)(F)F. The highest BCUT2D eigenvalue weighted by Crippen LogP contribution is 2.26. The quantitative estimate of drug-likeness (QED) is 0.297. The van der Waals surface area contributed by atoms with Crippen LogP contribution in [0.5, 0.6) is 5.75 Å². The van der Waals surface area contributed by atoms with Gasteiger partial charge in [-0.1, -0.05) is 6.07 Å². The van der Waals surface area contributed by atoms with Crippen molar-refractivity contribution >= 4 is 23.6 Å². The van der Waals surface area contributed by atoms with Gasteiger partial charge in [-0.3, -0.25) is 9.20 Å². The Morgan fingerprint density at radius 3 is 2.30 bits per heavy atom. The molecule has 0 saturated heterocycles. The Labute approximate surface area is 222 Å². The molecular weight excluding hydrogens is 549 g/mol. The van der Waals surface area contributed by atoms with E-state index in [1.165, 1.54) is 10.5 Å². The number of hydrogen-bond donors (Lipinski definition) is 4. The van der Waals surface area contributed by atoms with Gasteiger partial charge in [0.25, 0.3) is 5.91 Å². The highest BCUT2D eigenvalue weighted by Gasteiger charge is 2.38. The van der Waals surface area contributed by atoms with Gasteiger partial charge in [0.2, 0.25) is 0 Å². The Morgan fingerprint density at radius 1 is 1.18 bits per heavy atom. The summed E-state index contributed by atoms with van der Waals surface area (Å²) in [5.74, 6) is -4.53. The van der Waals surface area contributed by atoms with Gasteiger partial charge >= 0.3 is 18.2 Å². The molecule has 0 spiro atoms. The van der Waals surface area contributed by atoms with Gasteiger partial charge in [0.15, 0.2) is 11.4 Å². The van der Waals surface area contributed by atoms with Gasteiger partial charge in [-0.05, 0) is 37.6 Å². The molecule has 0 fully saturated rings. The first kappa shape index (κ1) is 31.3. The minimum absolute atomic E-state index is 0.104. The first-order chi connectivity index (χ1) is 18.6. The van der Waals surface area contributed by atoms with Crippen LogP contribution in [-0.4, -0.2) is 56.3 Å². The Balaban J connectivity index is 0.000000708. The minimum atomic E-state index is -5.08. The van der Waals surface area contributed by atoms with E-state index in [9.17, 15) is 31.5 Å². The minimum Gasteiger partial charge on any atom is -0.485 e. The Kier molecular flexibility index (Phi) is 10.3. The van der Waals surface area contributed by atoms with Gasteiger partial charge in [0.05, 0.1) is 29.8 Å². The van der Waals surface area contributed by atoms with Crippen LogP contribution in [0.4, 0.5) is 26.7 Å². The largest absolute Gasteiger partial charge is 0.490 e. The number of carboxylic acid groups (broad SMARTS) is 2. The van der Waals surface area contributed by atoms with Gasteiger partial charge in [0, 0.05) is 12.7 Å². The molecule has 1 aromatic carbocycles. The lowest BCUT2D eigenvalue weighted by atomic mass is 10.2. The highest BCUT2D eigenvalue weighted by atomic mass is 19.4. The fraction of sp³-hybridized carbons (Fsp3) is 0.292. The van der Waals surface area contributed by atoms with Gasteiger partial charge in [0.1, 0.15) is 23.9 Å². The summed E-state index contributed by atoms with van der Waals surface area (Å²) in [7, 11) is 0. The van der Waals surface area contributed by atoms with Crippen molar-refractivity contribution in [3.63, 3.8) is 0 Å². The highest BCUT2D eigenvalue weighted by molar-refractivity contribution is 5.95. The number of carbonyl (C=O) groups excluding carboxylic acids is 1. The number of aryl methyl sites for hydroxylation is 2. The molecule has 0 bridgehead atoms. The topological polar surface area (TPSA) is 166 Å². The molecule has 0 aliphatic rings. The maximum Gasteiger partial charge on any atom is 0.490 e. The van der Waals surface area contributed by atoms with E-state index in [0.29, 0.717) is 11.3 Å². The number of nitrogens with zero attached hydrogens (tertiary/aromatic N) is 3. The number of benzene rings is 1. The van der Waals surface area contributed by atoms with Crippen LogP contribution >= 0.6 is 0 Å². The first-order valence-electron chi connectivity index (χ1n) is 11.1. The van der Waals surface area contributed by atoms with Crippen molar-refractivity contribution in [3.8, 4) is 11.8 Å². The lowest BCUT2D eigenvalue weighted by Gasteiger charge is -2.15. The lowest BCUT2D eigenvalue weighted by Crippen LogP contribution is -2.43. The second-order valence-corrected chi connectivity index (χ2v) is 8.13. The average Bonchev–Trinajstić information content (AvgIpc) is 3.17. The van der Waals surface area contributed by atoms with Crippen LogP contribution in [0.2, 0.25) is 0 Å². The summed E-state index contributed by atoms with van der Waals surface area (Å²) >= 11 is 0. The zero-order chi connectivity index (χ0) is 30.2. The zero-order valence-corrected chi connectivity index (χ0v) is 20.8. The summed E-state index contributed by atoms with van der Waals surface area (Å²) in [6.45, 7) is 2.89. The fourth-order valence-corrected chi connectivity index (χ4v) is 3.32. The second kappa shape index (κ2) is 13.2. The van der Waals surface area contributed by atoms with Crippen molar-refractivity contribution in [1.29, 1.82) is 5.26 Å². The number of hydrogen-bond acceptors (Lipinski definition) is 6. The van der Waals surface area contributed by atoms with E-state index in [4.69, 9.17) is 25.0 Å². The zero-order valence-electron chi connectivity index (χ0n) is 20.8. The van der Waals surface area contributed by atoms with Crippen LogP contribution in [0.1, 0.15) is 33.7 Å². The van der Waals surface area contributed by atoms with E-state index in [0.717, 1.165) is 12.1 Å². The monoisotopic (exact) mass is 571 g/mol. The predicted molar refractivity (Wildman–Crippen MR) is 127 cm³/mol. The number of rotatable bonds is 8. The van der Waals surface area contributed by atoms with Gasteiger partial charge in [-0.25, -0.2) is 23.4 Å². The summed E-state index contributed by atoms with van der Waals surface area (Å²) in [5.41, 5.74) is 1.29. The third-order valence-corrected chi connectivity index (χ3v) is 5.06. The normalized spacial score (nSPS) is 11.6. The number of carboxylic acids is 1. The molecule has 2 amide bonds. The molecule has 1 atom stereocenters. The number of ether oxygens (including phenoxy) is 1. The molecule has 4 N–H and O–H groups in total. The maximum atomic E-state index is 13.9. The number of imidazole rings is 1. The van der Waals surface area contributed by atoms with Crippen molar-refractivity contribution in [2.45, 2.75) is 39.1 Å². The lowest BCUT2D eigenvalue weighted by molar-refractivity contribution is -0.192. The molecule has 3 aromatic rings. The number of aromatic nitrogens is 2. The summed E-state index contributed by atoms with van der Waals surface area (Å²) in [4.78, 5) is 37.0. The standard InChI is InChI=1S/C22H21F2N5O4.C2HF3O2/c1-12-8-18(33-11-15-16(23)4-3-5-17(15)24)20-27-13(2)19(29(20)10-12)21(30)26-9-14(6-7-25)28-22(31)32;3-2(4,5)1(6)7/h3-5,8,10,14,28H,6,9,11H2,1-2H3,(H,26,30)(H,31,32);(H,6,7). The molecule has 214 valence electrons. The number of amides is 2. The van der Waals surface area contributed by atoms with E-state index < -0.39 is 41.8 Å². The maximum absolute atomic E-state index is 13.9. The number of aliphatic carboxylic acids is 1. The third-order valence-electron chi connectivity index (χ3n) is 5.06. The van der Waals surface area contributed by atoms with Crippen LogP contribution < -0.4 is 15.4 Å². The van der Waals surface area contributed by atoms with E-state index in [-0.39, 0.29) is 42.2 Å². The number of nitriles is 1. The number of fused-ring (bicyclic) bond motifs is 1. The first-order valence-corrected chi connectivity index (χ1v) is 11.1. The predicted octanol–water partition coefficient (Wildman–Crippen LogP) is 3.72. The van der Waals surface area contributed by atoms with Crippen molar-refractivity contribution in [1.82, 2.24) is 20.0 Å². The number of carbonyl (C=O) groups is 3. The molecule has 2 aromatic heterocycles. The Bertz CT molecular complexity index is 1430. The van der Waals surface area contributed by atoms with E-state index in [1.807, 2.05) is 6.07 Å². The Morgan fingerprint density at radius 2 is 1.77 bits per heavy atom. The third kappa shape index (κ3) is 8.28. The molecule has 0 aliphatic heterocycles. The summed E-state index contributed by atoms with van der Waals surface area (Å²) in [6.07, 6.45) is -4.86. The van der Waals surface area contributed by atoms with Crippen LogP contribution in [-0.2, 0) is 11.4 Å². The Hall–Kier alpha value is -4.94. The van der Waals surface area contributed by atoms with E-state index >= 15 is 0 Å². The van der Waals surface area contributed by atoms with Crippen molar-refractivity contribution in [3.05, 3.63) is 64.6 Å². The number of alkyl halides is 3. The van der Waals surface area contributed by atoms with Crippen LogP contribution in [0.25, 0.3) is 5.65 Å².